The topological polar surface area (TPSA) is 62.2 Å². The van der Waals surface area contributed by atoms with Crippen LogP contribution in [-0.4, -0.2) is 28.1 Å². The number of hydrogen-bond donors (Lipinski definition) is 2. The summed E-state index contributed by atoms with van der Waals surface area (Å²) in [5.74, 6) is 0.140. The van der Waals surface area contributed by atoms with E-state index in [0.717, 1.165) is 12.8 Å². The van der Waals surface area contributed by atoms with Crippen LogP contribution in [0.15, 0.2) is 24.4 Å². The molecule has 4 nitrogen and oxygen atoms in total. The third-order valence-corrected chi connectivity index (χ3v) is 4.13. The second-order valence-electron chi connectivity index (χ2n) is 5.58. The molecule has 1 heterocycles. The third kappa shape index (κ3) is 3.32. The number of pyridine rings is 1. The highest BCUT2D eigenvalue weighted by atomic mass is 16.3. The van der Waals surface area contributed by atoms with E-state index in [-0.39, 0.29) is 12.5 Å². The van der Waals surface area contributed by atoms with Crippen LogP contribution in [0.4, 0.5) is 0 Å². The fraction of sp³-hybridized carbons (Fsp3) is 0.600. The molecule has 1 atom stereocenters. The summed E-state index contributed by atoms with van der Waals surface area (Å²) >= 11 is 0. The number of nitrogens with one attached hydrogen (secondary N) is 1. The molecule has 0 unspecified atom stereocenters. The Morgan fingerprint density at radius 1 is 1.42 bits per heavy atom. The van der Waals surface area contributed by atoms with Gasteiger partial charge in [0.15, 0.2) is 0 Å². The van der Waals surface area contributed by atoms with Gasteiger partial charge in [0.1, 0.15) is 5.69 Å². The number of amides is 1. The third-order valence-electron chi connectivity index (χ3n) is 4.13. The standard InChI is InChI=1S/C15H22N2O2/c1-15(11-18,12-7-3-2-4-8-12)17-14(19)13-9-5-6-10-16-13/h5-6,9-10,12,18H,2-4,7-8,11H2,1H3,(H,17,19)/t15-/m0/s1. The first-order valence-electron chi connectivity index (χ1n) is 7.00. The Bertz CT molecular complexity index is 415. The normalized spacial score (nSPS) is 19.7. The first-order chi connectivity index (χ1) is 9.15. The smallest absolute Gasteiger partial charge is 0.270 e. The predicted molar refractivity (Wildman–Crippen MR) is 73.8 cm³/mol. The first-order valence-corrected chi connectivity index (χ1v) is 7.00. The highest BCUT2D eigenvalue weighted by Gasteiger charge is 2.36. The average molecular weight is 262 g/mol. The van der Waals surface area contributed by atoms with E-state index in [2.05, 4.69) is 10.3 Å². The molecule has 2 rings (SSSR count). The second-order valence-corrected chi connectivity index (χ2v) is 5.58. The molecule has 104 valence electrons. The molecule has 1 aliphatic carbocycles. The molecule has 1 aromatic rings. The van der Waals surface area contributed by atoms with Crippen molar-refractivity contribution < 1.29 is 9.90 Å². The molecule has 4 heteroatoms. The van der Waals surface area contributed by atoms with Crippen molar-refractivity contribution in [3.05, 3.63) is 30.1 Å². The SMILES string of the molecule is C[C@@](CO)(NC(=O)c1ccccn1)C1CCCCC1. The summed E-state index contributed by atoms with van der Waals surface area (Å²) in [4.78, 5) is 16.2. The fourth-order valence-corrected chi connectivity index (χ4v) is 2.83. The monoisotopic (exact) mass is 262 g/mol. The van der Waals surface area contributed by atoms with E-state index in [9.17, 15) is 9.90 Å². The molecule has 1 aliphatic rings. The van der Waals surface area contributed by atoms with Gasteiger partial charge in [0.2, 0.25) is 0 Å². The fourth-order valence-electron chi connectivity index (χ4n) is 2.83. The summed E-state index contributed by atoms with van der Waals surface area (Å²) in [6.45, 7) is 1.90. The van der Waals surface area contributed by atoms with Gasteiger partial charge in [0.25, 0.3) is 5.91 Å². The van der Waals surface area contributed by atoms with Gasteiger partial charge in [-0.3, -0.25) is 9.78 Å². The number of hydrogen-bond acceptors (Lipinski definition) is 3. The van der Waals surface area contributed by atoms with Gasteiger partial charge >= 0.3 is 0 Å². The minimum Gasteiger partial charge on any atom is -0.394 e. The molecule has 1 amide bonds. The highest BCUT2D eigenvalue weighted by Crippen LogP contribution is 2.32. The van der Waals surface area contributed by atoms with E-state index in [0.29, 0.717) is 11.6 Å². The summed E-state index contributed by atoms with van der Waals surface area (Å²) < 4.78 is 0. The largest absolute Gasteiger partial charge is 0.394 e. The Morgan fingerprint density at radius 3 is 2.74 bits per heavy atom. The van der Waals surface area contributed by atoms with Crippen molar-refractivity contribution in [3.63, 3.8) is 0 Å². The lowest BCUT2D eigenvalue weighted by Gasteiger charge is -2.39. The predicted octanol–water partition coefficient (Wildman–Crippen LogP) is 2.14. The van der Waals surface area contributed by atoms with Crippen molar-refractivity contribution in [2.75, 3.05) is 6.61 Å². The number of carbonyl (C=O) groups is 1. The average Bonchev–Trinajstić information content (AvgIpc) is 2.49. The van der Waals surface area contributed by atoms with E-state index < -0.39 is 5.54 Å². The molecule has 0 saturated heterocycles. The van der Waals surface area contributed by atoms with E-state index >= 15 is 0 Å². The van der Waals surface area contributed by atoms with Gasteiger partial charge in [-0.1, -0.05) is 25.3 Å². The van der Waals surface area contributed by atoms with Gasteiger partial charge in [0.05, 0.1) is 12.1 Å². The van der Waals surface area contributed by atoms with Crippen LogP contribution < -0.4 is 5.32 Å². The number of aromatic nitrogens is 1. The van der Waals surface area contributed by atoms with Crippen LogP contribution >= 0.6 is 0 Å². The first kappa shape index (κ1) is 14.0. The molecule has 1 aromatic heterocycles. The summed E-state index contributed by atoms with van der Waals surface area (Å²) in [5, 5.41) is 12.7. The lowest BCUT2D eigenvalue weighted by Crippen LogP contribution is -2.54. The maximum absolute atomic E-state index is 12.2. The Morgan fingerprint density at radius 2 is 2.16 bits per heavy atom. The van der Waals surface area contributed by atoms with Crippen LogP contribution in [0.3, 0.4) is 0 Å². The highest BCUT2D eigenvalue weighted by molar-refractivity contribution is 5.92. The summed E-state index contributed by atoms with van der Waals surface area (Å²) in [7, 11) is 0. The van der Waals surface area contributed by atoms with Gasteiger partial charge in [-0.15, -0.1) is 0 Å². The lowest BCUT2D eigenvalue weighted by molar-refractivity contribution is 0.0675. The van der Waals surface area contributed by atoms with E-state index in [1.165, 1.54) is 19.3 Å². The molecule has 2 N–H and O–H groups in total. The minimum atomic E-state index is -0.547. The maximum Gasteiger partial charge on any atom is 0.270 e. The summed E-state index contributed by atoms with van der Waals surface area (Å²) in [6.07, 6.45) is 7.36. The van der Waals surface area contributed by atoms with Crippen LogP contribution in [0.1, 0.15) is 49.5 Å². The van der Waals surface area contributed by atoms with Gasteiger partial charge in [-0.05, 0) is 37.8 Å². The van der Waals surface area contributed by atoms with Gasteiger partial charge in [-0.25, -0.2) is 0 Å². The zero-order valence-electron chi connectivity index (χ0n) is 11.4. The van der Waals surface area contributed by atoms with Crippen LogP contribution in [0, 0.1) is 5.92 Å². The summed E-state index contributed by atoms with van der Waals surface area (Å²) in [6, 6.07) is 5.26. The van der Waals surface area contributed by atoms with Crippen LogP contribution in [-0.2, 0) is 0 Å². The Hall–Kier alpha value is -1.42. The molecule has 0 spiro atoms. The number of aliphatic hydroxyl groups is 1. The molecule has 0 bridgehead atoms. The number of carbonyl (C=O) groups excluding carboxylic acids is 1. The van der Waals surface area contributed by atoms with Crippen LogP contribution in [0.25, 0.3) is 0 Å². The van der Waals surface area contributed by atoms with Gasteiger partial charge in [-0.2, -0.15) is 0 Å². The van der Waals surface area contributed by atoms with E-state index in [4.69, 9.17) is 0 Å². The number of nitrogens with zero attached hydrogens (tertiary/aromatic N) is 1. The van der Waals surface area contributed by atoms with Crippen LogP contribution in [0.2, 0.25) is 0 Å². The molecule has 0 aromatic carbocycles. The second kappa shape index (κ2) is 6.15. The summed E-state index contributed by atoms with van der Waals surface area (Å²) in [5.41, 5.74) is -0.146. The molecule has 1 saturated carbocycles. The van der Waals surface area contributed by atoms with Crippen molar-refractivity contribution >= 4 is 5.91 Å². The zero-order chi connectivity index (χ0) is 13.7. The Labute approximate surface area is 114 Å². The maximum atomic E-state index is 12.2. The van der Waals surface area contributed by atoms with Crippen molar-refractivity contribution in [1.29, 1.82) is 0 Å². The Balaban J connectivity index is 2.07. The molecule has 0 aliphatic heterocycles. The van der Waals surface area contributed by atoms with Gasteiger partial charge < -0.3 is 10.4 Å². The van der Waals surface area contributed by atoms with Crippen LogP contribution in [0.5, 0.6) is 0 Å². The zero-order valence-corrected chi connectivity index (χ0v) is 11.4. The van der Waals surface area contributed by atoms with Crippen molar-refractivity contribution in [2.24, 2.45) is 5.92 Å². The molecule has 0 radical (unpaired) electrons. The minimum absolute atomic E-state index is 0.0315. The molecular weight excluding hydrogens is 240 g/mol. The van der Waals surface area contributed by atoms with Crippen molar-refractivity contribution in [3.8, 4) is 0 Å². The van der Waals surface area contributed by atoms with Crippen molar-refractivity contribution in [1.82, 2.24) is 10.3 Å². The number of rotatable bonds is 4. The van der Waals surface area contributed by atoms with Gasteiger partial charge in [0, 0.05) is 6.20 Å². The lowest BCUT2D eigenvalue weighted by atomic mass is 9.76. The molecule has 1 fully saturated rings. The Kier molecular flexibility index (Phi) is 4.53. The number of aliphatic hydroxyl groups excluding tert-OH is 1. The van der Waals surface area contributed by atoms with Crippen molar-refractivity contribution in [2.45, 2.75) is 44.6 Å². The van der Waals surface area contributed by atoms with E-state index in [1.54, 1.807) is 24.4 Å². The molecule has 19 heavy (non-hydrogen) atoms. The van der Waals surface area contributed by atoms with E-state index in [1.807, 2.05) is 6.92 Å². The molecular formula is C15H22N2O2. The quantitative estimate of drug-likeness (QED) is 0.874.